The SMILES string of the molecule is CN1CCNC(C(=O)N[C@H](Cc2ccc(F)cc2)C(=O)N2CCC(C(=O)NC(C)(C)C)(C3CCCCC3)CC2)C1. The number of nitrogens with one attached hydrogen (secondary N) is 3. The van der Waals surface area contributed by atoms with Gasteiger partial charge in [-0.2, -0.15) is 0 Å². The van der Waals surface area contributed by atoms with Gasteiger partial charge in [0, 0.05) is 44.7 Å². The topological polar surface area (TPSA) is 93.8 Å². The largest absolute Gasteiger partial charge is 0.351 e. The molecule has 2 aliphatic heterocycles. The number of carbonyl (C=O) groups is 3. The van der Waals surface area contributed by atoms with E-state index in [1.54, 1.807) is 12.1 Å². The minimum Gasteiger partial charge on any atom is -0.351 e. The first-order valence-electron chi connectivity index (χ1n) is 15.0. The van der Waals surface area contributed by atoms with Crippen LogP contribution in [0.1, 0.15) is 71.3 Å². The van der Waals surface area contributed by atoms with E-state index in [-0.39, 0.29) is 35.5 Å². The fourth-order valence-corrected chi connectivity index (χ4v) is 6.69. The summed E-state index contributed by atoms with van der Waals surface area (Å²) in [4.78, 5) is 44.8. The van der Waals surface area contributed by atoms with Crippen LogP contribution in [-0.4, -0.2) is 84.9 Å². The van der Waals surface area contributed by atoms with Crippen LogP contribution in [0.3, 0.4) is 0 Å². The van der Waals surface area contributed by atoms with E-state index >= 15 is 0 Å². The zero-order valence-electron chi connectivity index (χ0n) is 24.7. The van der Waals surface area contributed by atoms with Gasteiger partial charge in [0.25, 0.3) is 0 Å². The highest BCUT2D eigenvalue weighted by Gasteiger charge is 2.49. The van der Waals surface area contributed by atoms with Crippen molar-refractivity contribution in [2.45, 2.75) is 89.8 Å². The van der Waals surface area contributed by atoms with Crippen molar-refractivity contribution in [2.75, 3.05) is 39.8 Å². The van der Waals surface area contributed by atoms with Crippen LogP contribution in [0, 0.1) is 17.2 Å². The fourth-order valence-electron chi connectivity index (χ4n) is 6.69. The van der Waals surface area contributed by atoms with E-state index in [2.05, 4.69) is 20.9 Å². The molecule has 2 atom stereocenters. The van der Waals surface area contributed by atoms with Crippen molar-refractivity contribution < 1.29 is 18.8 Å². The number of piperazine rings is 1. The Balaban J connectivity index is 1.50. The summed E-state index contributed by atoms with van der Waals surface area (Å²) >= 11 is 0. The van der Waals surface area contributed by atoms with Gasteiger partial charge in [-0.1, -0.05) is 31.4 Å². The quantitative estimate of drug-likeness (QED) is 0.480. The number of piperidine rings is 1. The normalized spacial score (nSPS) is 23.3. The van der Waals surface area contributed by atoms with Crippen molar-refractivity contribution in [3.8, 4) is 0 Å². The van der Waals surface area contributed by atoms with Gasteiger partial charge in [0.2, 0.25) is 17.7 Å². The van der Waals surface area contributed by atoms with Crippen molar-refractivity contribution in [3.05, 3.63) is 35.6 Å². The highest BCUT2D eigenvalue weighted by Crippen LogP contribution is 2.46. The molecule has 0 bridgehead atoms. The van der Waals surface area contributed by atoms with Gasteiger partial charge in [0.1, 0.15) is 11.9 Å². The second kappa shape index (κ2) is 13.0. The van der Waals surface area contributed by atoms with E-state index < -0.39 is 17.5 Å². The Morgan fingerprint density at radius 3 is 2.30 bits per heavy atom. The molecule has 3 fully saturated rings. The lowest BCUT2D eigenvalue weighted by Gasteiger charge is -2.48. The average Bonchev–Trinajstić information content (AvgIpc) is 2.93. The first kappa shape index (κ1) is 30.4. The second-order valence-corrected chi connectivity index (χ2v) is 13.2. The molecule has 8 nitrogen and oxygen atoms in total. The zero-order valence-corrected chi connectivity index (χ0v) is 24.7. The van der Waals surface area contributed by atoms with Crippen molar-refractivity contribution in [3.63, 3.8) is 0 Å². The summed E-state index contributed by atoms with van der Waals surface area (Å²) in [5, 5.41) is 9.52. The maximum atomic E-state index is 13.9. The van der Waals surface area contributed by atoms with Gasteiger partial charge >= 0.3 is 0 Å². The molecule has 0 radical (unpaired) electrons. The summed E-state index contributed by atoms with van der Waals surface area (Å²) < 4.78 is 13.6. The van der Waals surface area contributed by atoms with Gasteiger partial charge in [-0.3, -0.25) is 14.4 Å². The number of halogens is 1. The molecular weight excluding hydrogens is 509 g/mol. The van der Waals surface area contributed by atoms with Crippen LogP contribution < -0.4 is 16.0 Å². The number of hydrogen-bond donors (Lipinski definition) is 3. The molecule has 40 heavy (non-hydrogen) atoms. The van der Waals surface area contributed by atoms with E-state index in [1.165, 1.54) is 18.6 Å². The van der Waals surface area contributed by atoms with Crippen LogP contribution in [0.5, 0.6) is 0 Å². The summed E-state index contributed by atoms with van der Waals surface area (Å²) in [6.07, 6.45) is 7.14. The molecule has 3 aliphatic rings. The van der Waals surface area contributed by atoms with Crippen LogP contribution in [0.2, 0.25) is 0 Å². The number of hydrogen-bond acceptors (Lipinski definition) is 5. The predicted octanol–water partition coefficient (Wildman–Crippen LogP) is 2.86. The average molecular weight is 558 g/mol. The van der Waals surface area contributed by atoms with Gasteiger partial charge in [0.05, 0.1) is 11.5 Å². The van der Waals surface area contributed by atoms with Crippen LogP contribution >= 0.6 is 0 Å². The number of rotatable bonds is 7. The molecule has 0 aromatic heterocycles. The van der Waals surface area contributed by atoms with E-state index in [9.17, 15) is 18.8 Å². The highest BCUT2D eigenvalue weighted by atomic mass is 19.1. The van der Waals surface area contributed by atoms with Crippen molar-refractivity contribution in [2.24, 2.45) is 11.3 Å². The number of nitrogens with zero attached hydrogens (tertiary/aromatic N) is 2. The molecule has 222 valence electrons. The fraction of sp³-hybridized carbons (Fsp3) is 0.710. The van der Waals surface area contributed by atoms with Crippen molar-refractivity contribution in [1.82, 2.24) is 25.8 Å². The molecule has 4 rings (SSSR count). The van der Waals surface area contributed by atoms with Crippen LogP contribution in [0.15, 0.2) is 24.3 Å². The van der Waals surface area contributed by atoms with Gasteiger partial charge in [0.15, 0.2) is 0 Å². The van der Waals surface area contributed by atoms with Gasteiger partial charge in [-0.05, 0) is 77.1 Å². The molecule has 1 unspecified atom stereocenters. The Bertz CT molecular complexity index is 1030. The Kier molecular flexibility index (Phi) is 9.88. The molecule has 3 amide bonds. The van der Waals surface area contributed by atoms with E-state index in [0.717, 1.165) is 37.8 Å². The number of amides is 3. The molecule has 1 aromatic rings. The molecule has 0 spiro atoms. The Labute approximate surface area is 238 Å². The predicted molar refractivity (Wildman–Crippen MR) is 154 cm³/mol. The first-order chi connectivity index (χ1) is 19.0. The molecule has 3 N–H and O–H groups in total. The summed E-state index contributed by atoms with van der Waals surface area (Å²) in [6.45, 7) is 9.14. The molecule has 9 heteroatoms. The lowest BCUT2D eigenvalue weighted by atomic mass is 9.63. The van der Waals surface area contributed by atoms with E-state index in [1.807, 2.05) is 32.7 Å². The third-order valence-electron chi connectivity index (χ3n) is 8.96. The van der Waals surface area contributed by atoms with Gasteiger partial charge < -0.3 is 25.8 Å². The molecule has 1 aromatic carbocycles. The number of carbonyl (C=O) groups excluding carboxylic acids is 3. The van der Waals surface area contributed by atoms with Gasteiger partial charge in [-0.15, -0.1) is 0 Å². The standard InChI is InChI=1S/C31H48FN5O3/c1-30(2,3)35-29(40)31(23-8-6-5-7-9-23)14-17-37(18-15-31)28(39)25(20-22-10-12-24(32)13-11-22)34-27(38)26-21-36(4)19-16-33-26/h10-13,23,25-26,33H,5-9,14-21H2,1-4H3,(H,34,38)(H,35,40)/t25-,26?/m1/s1. The number of benzene rings is 1. The third kappa shape index (κ3) is 7.60. The van der Waals surface area contributed by atoms with E-state index in [0.29, 0.717) is 44.9 Å². The van der Waals surface area contributed by atoms with Crippen molar-refractivity contribution in [1.29, 1.82) is 0 Å². The highest BCUT2D eigenvalue weighted by molar-refractivity contribution is 5.90. The molecule has 2 heterocycles. The van der Waals surface area contributed by atoms with Crippen LogP contribution in [0.25, 0.3) is 0 Å². The smallest absolute Gasteiger partial charge is 0.245 e. The third-order valence-corrected chi connectivity index (χ3v) is 8.96. The molecule has 1 aliphatic carbocycles. The minimum absolute atomic E-state index is 0.114. The second-order valence-electron chi connectivity index (χ2n) is 13.2. The number of likely N-dealkylation sites (tertiary alicyclic amines) is 1. The molecular formula is C31H48FN5O3. The maximum absolute atomic E-state index is 13.9. The monoisotopic (exact) mass is 557 g/mol. The summed E-state index contributed by atoms with van der Waals surface area (Å²) in [6, 6.07) is 4.92. The van der Waals surface area contributed by atoms with Crippen molar-refractivity contribution >= 4 is 17.7 Å². The summed E-state index contributed by atoms with van der Waals surface area (Å²) in [5.74, 6) is -0.248. The minimum atomic E-state index is -0.766. The molecule has 1 saturated carbocycles. The van der Waals surface area contributed by atoms with Crippen LogP contribution in [-0.2, 0) is 20.8 Å². The number of likely N-dealkylation sites (N-methyl/N-ethyl adjacent to an activating group) is 1. The summed E-state index contributed by atoms with van der Waals surface area (Å²) in [5.41, 5.74) is -0.0132. The maximum Gasteiger partial charge on any atom is 0.245 e. The first-order valence-corrected chi connectivity index (χ1v) is 15.0. The zero-order chi connectivity index (χ0) is 28.9. The summed E-state index contributed by atoms with van der Waals surface area (Å²) in [7, 11) is 1.98. The lowest BCUT2D eigenvalue weighted by molar-refractivity contribution is -0.147. The Hall–Kier alpha value is -2.52. The Morgan fingerprint density at radius 1 is 1.05 bits per heavy atom. The van der Waals surface area contributed by atoms with E-state index in [4.69, 9.17) is 0 Å². The van der Waals surface area contributed by atoms with Crippen LogP contribution in [0.4, 0.5) is 4.39 Å². The lowest BCUT2D eigenvalue weighted by Crippen LogP contribution is -2.61. The van der Waals surface area contributed by atoms with Gasteiger partial charge in [-0.25, -0.2) is 4.39 Å². The Morgan fingerprint density at radius 2 is 1.70 bits per heavy atom. The molecule has 2 saturated heterocycles.